The number of fused-ring (bicyclic) bond motifs is 1. The summed E-state index contributed by atoms with van der Waals surface area (Å²) in [6.45, 7) is 2.07. The molecule has 1 unspecified atom stereocenters. The van der Waals surface area contributed by atoms with Gasteiger partial charge in [-0.05, 0) is 37.3 Å². The Labute approximate surface area is 186 Å². The molecule has 3 rings (SSSR count). The molecule has 0 spiro atoms. The predicted octanol–water partition coefficient (Wildman–Crippen LogP) is -0.932. The lowest BCUT2D eigenvalue weighted by Crippen LogP contribution is -2.63. The Morgan fingerprint density at radius 3 is 2.28 bits per heavy atom. The minimum Gasteiger partial charge on any atom is -0.388 e. The van der Waals surface area contributed by atoms with Gasteiger partial charge in [0.2, 0.25) is 0 Å². The quantitative estimate of drug-likeness (QED) is 0.674. The predicted molar refractivity (Wildman–Crippen MR) is 135 cm³/mol. The van der Waals surface area contributed by atoms with E-state index in [1.165, 1.54) is 31.9 Å². The molecule has 1 atom stereocenters. The monoisotopic (exact) mass is 365 g/mol. The minimum absolute atomic E-state index is 0.343. The van der Waals surface area contributed by atoms with Gasteiger partial charge < -0.3 is 9.51 Å². The summed E-state index contributed by atoms with van der Waals surface area (Å²) >= 11 is 0. The number of aliphatic hydroxyl groups is 1. The number of rotatable bonds is 6. The second kappa shape index (κ2) is 11.7. The maximum atomic E-state index is 10.6. The molecule has 1 aliphatic rings. The summed E-state index contributed by atoms with van der Waals surface area (Å²) in [7, 11) is 33.5. The van der Waals surface area contributed by atoms with Crippen molar-refractivity contribution in [2.75, 3.05) is 0 Å². The molecule has 1 fully saturated rings. The lowest BCUT2D eigenvalue weighted by Gasteiger charge is -2.27. The number of pyridine rings is 1. The van der Waals surface area contributed by atoms with E-state index in [1.54, 1.807) is 6.33 Å². The first-order chi connectivity index (χ1) is 13.8. The Morgan fingerprint density at radius 2 is 1.76 bits per heavy atom. The fourth-order valence-electron chi connectivity index (χ4n) is 4.05. The summed E-state index contributed by atoms with van der Waals surface area (Å²) in [6.07, 6.45) is 9.34. The molecular weight excluding hydrogens is 343 g/mol. The Hall–Kier alpha value is -0.636. The normalized spacial score (nSPS) is 15.1. The summed E-state index contributed by atoms with van der Waals surface area (Å²) in [5.74, 6) is 0.416. The standard InChI is InChI=1S/C15H20N2O.B11/c1-11-7-13(14-8-16-10-17(14)9-11)15(18)12-5-3-2-4-6-12;1-7-10(6)11(8(2)3)9(4)5/h7-10,12,15,18H,2-6H2,1H3;. The van der Waals surface area contributed by atoms with E-state index in [0.717, 1.165) is 23.9 Å². The van der Waals surface area contributed by atoms with Crippen molar-refractivity contribution in [3.8, 4) is 0 Å². The van der Waals surface area contributed by atoms with Crippen molar-refractivity contribution in [3.05, 3.63) is 35.9 Å². The molecule has 1 aliphatic carbocycles. The SMILES string of the molecule is Cc1cc(C(O)C2CCCCC2)c2cncn2c1.[B][B]B([B])B(B([B])[B])B([B])[B]. The van der Waals surface area contributed by atoms with Crippen LogP contribution < -0.4 is 0 Å². The molecule has 2 heterocycles. The van der Waals surface area contributed by atoms with Crippen molar-refractivity contribution in [3.63, 3.8) is 0 Å². The Balaban J connectivity index is 0.000000237. The van der Waals surface area contributed by atoms with Gasteiger partial charge in [0.1, 0.15) is 0 Å². The van der Waals surface area contributed by atoms with Crippen LogP contribution in [-0.4, -0.2) is 93.5 Å². The van der Waals surface area contributed by atoms with Gasteiger partial charge in [-0.2, -0.15) is 0 Å². The molecule has 29 heavy (non-hydrogen) atoms. The fourth-order valence-corrected chi connectivity index (χ4v) is 4.05. The van der Waals surface area contributed by atoms with Crippen molar-refractivity contribution >= 4 is 84.5 Å². The van der Waals surface area contributed by atoms with Gasteiger partial charge in [0.25, 0.3) is 0 Å². The van der Waals surface area contributed by atoms with E-state index < -0.39 is 19.2 Å². The van der Waals surface area contributed by atoms with E-state index >= 15 is 0 Å². The number of hydrogen-bond acceptors (Lipinski definition) is 2. The van der Waals surface area contributed by atoms with Crippen molar-refractivity contribution in [2.45, 2.75) is 45.1 Å². The highest BCUT2D eigenvalue weighted by molar-refractivity contribution is 8.01. The van der Waals surface area contributed by atoms with Gasteiger partial charge >= 0.3 is 0 Å². The van der Waals surface area contributed by atoms with E-state index in [2.05, 4.69) is 24.2 Å². The van der Waals surface area contributed by atoms with E-state index in [-0.39, 0.29) is 12.5 Å². The van der Waals surface area contributed by atoms with Gasteiger partial charge in [0.05, 0.1) is 24.1 Å². The van der Waals surface area contributed by atoms with Crippen LogP contribution in [0.4, 0.5) is 0 Å². The molecule has 1 saturated carbocycles. The molecule has 2 aromatic heterocycles. The van der Waals surface area contributed by atoms with Crippen LogP contribution >= 0.6 is 0 Å². The Morgan fingerprint density at radius 1 is 1.14 bits per heavy atom. The highest BCUT2D eigenvalue weighted by Crippen LogP contribution is 2.36. The van der Waals surface area contributed by atoms with Gasteiger partial charge in [-0.1, -0.05) is 19.3 Å². The third kappa shape index (κ3) is 6.67. The largest absolute Gasteiger partial charge is 0.388 e. The molecule has 2 aromatic rings. The smallest absolute Gasteiger partial charge is 0.0992 e. The van der Waals surface area contributed by atoms with Gasteiger partial charge in [0.15, 0.2) is 0 Å². The lowest BCUT2D eigenvalue weighted by molar-refractivity contribution is 0.0857. The second-order valence-corrected chi connectivity index (χ2v) is 8.00. The zero-order valence-electron chi connectivity index (χ0n) is 17.2. The van der Waals surface area contributed by atoms with Crippen LogP contribution in [0.1, 0.15) is 49.3 Å². The lowest BCUT2D eigenvalue weighted by atomic mass is 8.56. The average Bonchev–Trinajstić information content (AvgIpc) is 3.15. The molecule has 0 aliphatic heterocycles. The maximum absolute atomic E-state index is 10.6. The number of nitrogens with zero attached hydrogens (tertiary/aromatic N) is 2. The van der Waals surface area contributed by atoms with Crippen molar-refractivity contribution < 1.29 is 5.11 Å². The number of imidazole rings is 1. The molecule has 0 saturated heterocycles. The fraction of sp³-hybridized carbons (Fsp3) is 0.533. The zero-order valence-corrected chi connectivity index (χ0v) is 17.2. The van der Waals surface area contributed by atoms with E-state index in [9.17, 15) is 5.11 Å². The molecule has 1 N–H and O–H groups in total. The first kappa shape index (κ1) is 24.6. The first-order valence-electron chi connectivity index (χ1n) is 10.2. The van der Waals surface area contributed by atoms with Gasteiger partial charge in [-0.15, -0.1) is 0 Å². The van der Waals surface area contributed by atoms with Gasteiger partial charge in [-0.3, -0.25) is 0 Å². The van der Waals surface area contributed by atoms with Crippen molar-refractivity contribution in [1.82, 2.24) is 9.38 Å². The molecule has 129 valence electrons. The Bertz CT molecular complexity index is 745. The number of aliphatic hydroxyl groups excluding tert-OH is 1. The highest BCUT2D eigenvalue weighted by Gasteiger charge is 2.27. The van der Waals surface area contributed by atoms with Crippen LogP contribution in [0.15, 0.2) is 24.8 Å². The maximum Gasteiger partial charge on any atom is 0.0992 e. The summed E-state index contributed by atoms with van der Waals surface area (Å²) in [4.78, 5) is 4.18. The van der Waals surface area contributed by atoms with E-state index in [4.69, 9.17) is 46.4 Å². The van der Waals surface area contributed by atoms with Gasteiger partial charge in [-0.25, -0.2) is 4.98 Å². The van der Waals surface area contributed by atoms with Crippen LogP contribution in [0.2, 0.25) is 0 Å². The van der Waals surface area contributed by atoms with Crippen LogP contribution in [-0.2, 0) is 0 Å². The number of aryl methyl sites for hydroxylation is 1. The summed E-state index contributed by atoms with van der Waals surface area (Å²) < 4.78 is 2.01. The molecular formula is C15H20B11N2O. The summed E-state index contributed by atoms with van der Waals surface area (Å²) in [6, 6.07) is 2.11. The topological polar surface area (TPSA) is 37.5 Å². The average molecular weight is 363 g/mol. The summed E-state index contributed by atoms with van der Waals surface area (Å²) in [5, 5.41) is 10.6. The van der Waals surface area contributed by atoms with Crippen LogP contribution in [0, 0.1) is 12.8 Å². The summed E-state index contributed by atoms with van der Waals surface area (Å²) in [5.41, 5.74) is 3.25. The second-order valence-electron chi connectivity index (χ2n) is 8.00. The van der Waals surface area contributed by atoms with E-state index in [0.29, 0.717) is 5.92 Å². The van der Waals surface area contributed by atoms with Crippen LogP contribution in [0.3, 0.4) is 0 Å². The molecule has 0 bridgehead atoms. The van der Waals surface area contributed by atoms with Crippen LogP contribution in [0.5, 0.6) is 0 Å². The van der Waals surface area contributed by atoms with Gasteiger partial charge in [0, 0.05) is 90.8 Å². The zero-order chi connectivity index (χ0) is 21.6. The van der Waals surface area contributed by atoms with Crippen molar-refractivity contribution in [1.29, 1.82) is 0 Å². The molecule has 14 heteroatoms. The molecule has 0 aromatic carbocycles. The number of hydrogen-bond donors (Lipinski definition) is 1. The highest BCUT2D eigenvalue weighted by atomic mass is 16.3. The third-order valence-electron chi connectivity index (χ3n) is 5.66. The van der Waals surface area contributed by atoms with E-state index in [1.807, 2.05) is 10.6 Å². The third-order valence-corrected chi connectivity index (χ3v) is 5.66. The molecule has 0 amide bonds. The number of aromatic nitrogens is 2. The Kier molecular flexibility index (Phi) is 9.92. The molecule has 13 radical (unpaired) electrons. The van der Waals surface area contributed by atoms with Crippen molar-refractivity contribution in [2.24, 2.45) is 5.92 Å². The van der Waals surface area contributed by atoms with Crippen LogP contribution in [0.25, 0.3) is 5.52 Å². The minimum atomic E-state index is -0.648. The first-order valence-corrected chi connectivity index (χ1v) is 10.2. The molecule has 3 nitrogen and oxygen atoms in total.